The van der Waals surface area contributed by atoms with Crippen molar-refractivity contribution in [1.29, 1.82) is 0 Å². The summed E-state index contributed by atoms with van der Waals surface area (Å²) in [6.07, 6.45) is -11.1. The van der Waals surface area contributed by atoms with Gasteiger partial charge in [-0.3, -0.25) is 14.3 Å². The van der Waals surface area contributed by atoms with E-state index >= 15 is 0 Å². The van der Waals surface area contributed by atoms with E-state index in [2.05, 4.69) is 4.98 Å². The zero-order valence-electron chi connectivity index (χ0n) is 17.4. The maximum atomic E-state index is 12.8. The van der Waals surface area contributed by atoms with Crippen molar-refractivity contribution in [2.75, 3.05) is 0 Å². The lowest BCUT2D eigenvalue weighted by molar-refractivity contribution is -0.207. The van der Waals surface area contributed by atoms with Gasteiger partial charge in [-0.2, -0.15) is 26.3 Å². The van der Waals surface area contributed by atoms with E-state index in [0.29, 0.717) is 10.1 Å². The molecule has 0 radical (unpaired) electrons. The van der Waals surface area contributed by atoms with Crippen molar-refractivity contribution in [3.8, 4) is 22.1 Å². The summed E-state index contributed by atoms with van der Waals surface area (Å²) < 4.78 is 82.5. The number of hydrogen-bond acceptors (Lipinski definition) is 6. The predicted molar refractivity (Wildman–Crippen MR) is 119 cm³/mol. The largest absolute Gasteiger partial charge is 0.439 e. The minimum Gasteiger partial charge on any atom is -0.439 e. The summed E-state index contributed by atoms with van der Waals surface area (Å²) in [5.41, 5.74) is -2.61. The molecule has 2 N–H and O–H groups in total. The average molecular weight is 552 g/mol. The van der Waals surface area contributed by atoms with Crippen LogP contribution >= 0.6 is 22.9 Å². The molecule has 190 valence electrons. The van der Waals surface area contributed by atoms with Gasteiger partial charge in [-0.1, -0.05) is 11.6 Å². The van der Waals surface area contributed by atoms with Crippen molar-refractivity contribution in [2.24, 2.45) is 0 Å². The molecule has 0 bridgehead atoms. The van der Waals surface area contributed by atoms with Crippen LogP contribution < -0.4 is 16.0 Å². The smallest absolute Gasteiger partial charge is 0.416 e. The molecule has 4 aromatic rings. The fourth-order valence-electron chi connectivity index (χ4n) is 3.14. The lowest BCUT2D eigenvalue weighted by Gasteiger charge is -2.15. The van der Waals surface area contributed by atoms with Crippen LogP contribution in [0.4, 0.5) is 26.3 Å². The summed E-state index contributed by atoms with van der Waals surface area (Å²) in [6, 6.07) is 6.72. The van der Waals surface area contributed by atoms with Crippen molar-refractivity contribution in [2.45, 2.75) is 25.0 Å². The number of aromatic nitrogens is 3. The molecular weight excluding hydrogens is 540 g/mol. The van der Waals surface area contributed by atoms with E-state index < -0.39 is 41.8 Å². The van der Waals surface area contributed by atoms with Crippen molar-refractivity contribution < 1.29 is 36.2 Å². The molecule has 0 saturated heterocycles. The topological polar surface area (TPSA) is 97.2 Å². The van der Waals surface area contributed by atoms with Crippen molar-refractivity contribution in [3.05, 3.63) is 74.0 Å². The minimum absolute atomic E-state index is 0.0128. The number of thiophene rings is 1. The highest BCUT2D eigenvalue weighted by molar-refractivity contribution is 7.22. The number of aliphatic hydroxyl groups excluding tert-OH is 1. The standard InChI is InChI=1S/C21H12ClF6N3O4S/c22-15-14-17(33)30-19(34)31(8-12(32)21(26,27)28)18(14)36-16(15)9-1-6-13(29-7-9)35-11-4-2-10(3-5-11)20(23,24)25/h1-7,12,32H,8H2,(H,30,33,34). The molecule has 0 amide bonds. The number of ether oxygens (including phenoxy) is 1. The Morgan fingerprint density at radius 2 is 1.75 bits per heavy atom. The minimum atomic E-state index is -5.00. The number of aromatic amines is 1. The highest BCUT2D eigenvalue weighted by Crippen LogP contribution is 2.40. The summed E-state index contributed by atoms with van der Waals surface area (Å²) in [4.78, 5) is 30.4. The van der Waals surface area contributed by atoms with Gasteiger partial charge in [0.2, 0.25) is 5.88 Å². The highest BCUT2D eigenvalue weighted by atomic mass is 35.5. The van der Waals surface area contributed by atoms with Gasteiger partial charge in [-0.05, 0) is 30.3 Å². The zero-order chi connectivity index (χ0) is 26.4. The second kappa shape index (κ2) is 9.26. The maximum Gasteiger partial charge on any atom is 0.416 e. The summed E-state index contributed by atoms with van der Waals surface area (Å²) in [5, 5.41) is 9.02. The third kappa shape index (κ3) is 5.10. The second-order valence-corrected chi connectivity index (χ2v) is 8.74. The van der Waals surface area contributed by atoms with Crippen LogP contribution in [0.2, 0.25) is 5.02 Å². The molecule has 15 heteroatoms. The van der Waals surface area contributed by atoms with Crippen LogP contribution in [0.1, 0.15) is 5.56 Å². The normalized spacial score (nSPS) is 13.2. The van der Waals surface area contributed by atoms with Gasteiger partial charge < -0.3 is 9.84 Å². The molecule has 7 nitrogen and oxygen atoms in total. The first-order valence-electron chi connectivity index (χ1n) is 9.77. The maximum absolute atomic E-state index is 12.8. The highest BCUT2D eigenvalue weighted by Gasteiger charge is 2.39. The Hall–Kier alpha value is -3.36. The number of fused-ring (bicyclic) bond motifs is 1. The van der Waals surface area contributed by atoms with Gasteiger partial charge in [0.15, 0.2) is 6.10 Å². The Labute approximate surface area is 205 Å². The third-order valence-corrected chi connectivity index (χ3v) is 6.66. The second-order valence-electron chi connectivity index (χ2n) is 7.36. The van der Waals surface area contributed by atoms with Crippen LogP contribution in [0.25, 0.3) is 20.7 Å². The monoisotopic (exact) mass is 551 g/mol. The van der Waals surface area contributed by atoms with Crippen LogP contribution in [0.5, 0.6) is 11.6 Å². The van der Waals surface area contributed by atoms with E-state index in [0.717, 1.165) is 35.6 Å². The number of pyridine rings is 1. The van der Waals surface area contributed by atoms with Crippen LogP contribution in [0.3, 0.4) is 0 Å². The molecular formula is C21H12ClF6N3O4S. The molecule has 4 rings (SSSR count). The summed E-state index contributed by atoms with van der Waals surface area (Å²) in [6.45, 7) is -1.16. The SMILES string of the molecule is O=c1[nH]c(=O)n(CC(O)C(F)(F)F)c2sc(-c3ccc(Oc4ccc(C(F)(F)F)cc4)nc3)c(Cl)c12. The first-order chi connectivity index (χ1) is 16.8. The molecule has 0 saturated carbocycles. The van der Waals surface area contributed by atoms with Crippen molar-refractivity contribution in [1.82, 2.24) is 14.5 Å². The number of alkyl halides is 6. The zero-order valence-corrected chi connectivity index (χ0v) is 19.0. The summed E-state index contributed by atoms with van der Waals surface area (Å²) in [5.74, 6) is 0.0979. The number of hydrogen-bond donors (Lipinski definition) is 2. The Balaban J connectivity index is 1.66. The van der Waals surface area contributed by atoms with Gasteiger partial charge in [-0.15, -0.1) is 11.3 Å². The molecule has 36 heavy (non-hydrogen) atoms. The number of benzene rings is 1. The first kappa shape index (κ1) is 25.7. The molecule has 1 unspecified atom stereocenters. The Kier molecular flexibility index (Phi) is 6.62. The Morgan fingerprint density at radius 1 is 1.08 bits per heavy atom. The van der Waals surface area contributed by atoms with Crippen LogP contribution in [-0.4, -0.2) is 31.9 Å². The van der Waals surface area contributed by atoms with Crippen molar-refractivity contribution >= 4 is 33.2 Å². The van der Waals surface area contributed by atoms with Gasteiger partial charge in [0.1, 0.15) is 10.6 Å². The number of rotatable bonds is 5. The molecule has 3 heterocycles. The lowest BCUT2D eigenvalue weighted by atomic mass is 10.2. The van der Waals surface area contributed by atoms with Crippen LogP contribution in [-0.2, 0) is 12.7 Å². The van der Waals surface area contributed by atoms with Crippen LogP contribution in [0.15, 0.2) is 52.2 Å². The van der Waals surface area contributed by atoms with E-state index in [9.17, 15) is 41.0 Å². The Bertz CT molecular complexity index is 1530. The molecule has 0 aliphatic heterocycles. The quantitative estimate of drug-likeness (QED) is 0.332. The Morgan fingerprint density at radius 3 is 2.31 bits per heavy atom. The summed E-state index contributed by atoms with van der Waals surface area (Å²) >= 11 is 7.05. The average Bonchev–Trinajstić information content (AvgIpc) is 3.13. The molecule has 3 aromatic heterocycles. The van der Waals surface area contributed by atoms with E-state index in [1.54, 1.807) is 0 Å². The van der Waals surface area contributed by atoms with Gasteiger partial charge in [0, 0.05) is 17.8 Å². The molecule has 1 aromatic carbocycles. The van der Waals surface area contributed by atoms with E-state index in [1.165, 1.54) is 18.3 Å². The number of aliphatic hydroxyl groups is 1. The molecule has 0 fully saturated rings. The van der Waals surface area contributed by atoms with Crippen molar-refractivity contribution in [3.63, 3.8) is 0 Å². The number of nitrogens with one attached hydrogen (secondary N) is 1. The van der Waals surface area contributed by atoms with E-state index in [4.69, 9.17) is 16.3 Å². The number of nitrogens with zero attached hydrogens (tertiary/aromatic N) is 2. The number of halogens is 7. The van der Waals surface area contributed by atoms with Gasteiger partial charge in [0.25, 0.3) is 5.56 Å². The molecule has 0 aliphatic rings. The first-order valence-corrected chi connectivity index (χ1v) is 11.0. The fraction of sp³-hybridized carbons (Fsp3) is 0.190. The molecule has 0 aliphatic carbocycles. The lowest BCUT2D eigenvalue weighted by Crippen LogP contribution is -2.38. The van der Waals surface area contributed by atoms with Crippen LogP contribution in [0, 0.1) is 0 Å². The number of H-pyrrole nitrogens is 1. The fourth-order valence-corrected chi connectivity index (χ4v) is 4.79. The van der Waals surface area contributed by atoms with Gasteiger partial charge >= 0.3 is 18.0 Å². The predicted octanol–water partition coefficient (Wildman–Crippen LogP) is 5.20. The van der Waals surface area contributed by atoms with E-state index in [-0.39, 0.29) is 31.7 Å². The van der Waals surface area contributed by atoms with E-state index in [1.807, 2.05) is 4.98 Å². The molecule has 0 spiro atoms. The third-order valence-electron chi connectivity index (χ3n) is 4.91. The summed E-state index contributed by atoms with van der Waals surface area (Å²) in [7, 11) is 0. The van der Waals surface area contributed by atoms with Gasteiger partial charge in [0.05, 0.1) is 27.4 Å². The molecule has 1 atom stereocenters. The van der Waals surface area contributed by atoms with Gasteiger partial charge in [-0.25, -0.2) is 9.78 Å².